The number of hydrogen-bond donors (Lipinski definition) is 1. The maximum absolute atomic E-state index is 10.8. The summed E-state index contributed by atoms with van der Waals surface area (Å²) in [5.41, 5.74) is 4.84. The molecule has 1 aliphatic heterocycles. The molecule has 0 aliphatic carbocycles. The minimum atomic E-state index is -0.590. The number of nitrogens with two attached hydrogens (primary N) is 1. The highest BCUT2D eigenvalue weighted by Crippen LogP contribution is 2.04. The lowest BCUT2D eigenvalue weighted by atomic mass is 10.3. The van der Waals surface area contributed by atoms with Gasteiger partial charge in [-0.3, -0.25) is 14.4 Å². The zero-order valence-electron chi connectivity index (χ0n) is 5.87. The molecule has 0 unspecified atom stereocenters. The molecule has 0 aromatic heterocycles. The summed E-state index contributed by atoms with van der Waals surface area (Å²) in [4.78, 5) is 32.9. The van der Waals surface area contributed by atoms with Gasteiger partial charge in [-0.2, -0.15) is 0 Å². The number of Topliss-reactive ketones (excluding diaryl/α,β-unsaturated/α-hetero) is 1. The normalized spacial score (nSPS) is 17.6. The van der Waals surface area contributed by atoms with Crippen molar-refractivity contribution in [1.82, 2.24) is 4.90 Å². The van der Waals surface area contributed by atoms with Crippen molar-refractivity contribution in [2.75, 3.05) is 13.1 Å². The van der Waals surface area contributed by atoms with Crippen molar-refractivity contribution in [3.05, 3.63) is 0 Å². The van der Waals surface area contributed by atoms with Crippen LogP contribution in [-0.4, -0.2) is 35.6 Å². The van der Waals surface area contributed by atoms with Crippen LogP contribution in [0.25, 0.3) is 0 Å². The van der Waals surface area contributed by atoms with Gasteiger partial charge in [0.1, 0.15) is 0 Å². The van der Waals surface area contributed by atoms with E-state index < -0.39 is 5.91 Å². The Morgan fingerprint density at radius 1 is 1.55 bits per heavy atom. The van der Waals surface area contributed by atoms with Crippen molar-refractivity contribution >= 4 is 17.6 Å². The molecule has 5 nitrogen and oxygen atoms in total. The largest absolute Gasteiger partial charge is 0.368 e. The van der Waals surface area contributed by atoms with Crippen LogP contribution in [0, 0.1) is 0 Å². The van der Waals surface area contributed by atoms with Crippen LogP contribution in [-0.2, 0) is 14.4 Å². The average molecular weight is 156 g/mol. The monoisotopic (exact) mass is 156 g/mol. The predicted molar refractivity (Wildman–Crippen MR) is 35.4 cm³/mol. The Hall–Kier alpha value is -1.39. The van der Waals surface area contributed by atoms with Gasteiger partial charge in [0.2, 0.25) is 11.8 Å². The third-order valence-electron chi connectivity index (χ3n) is 1.42. The van der Waals surface area contributed by atoms with Gasteiger partial charge in [0.05, 0.1) is 19.5 Å². The highest BCUT2D eigenvalue weighted by Gasteiger charge is 2.27. The Bertz CT molecular complexity index is 224. The standard InChI is InChI=1S/C6H8N2O3/c7-5(10)3-8-2-4(9)1-6(8)11/h1-3H2,(H2,7,10). The lowest BCUT2D eigenvalue weighted by Gasteiger charge is -2.10. The van der Waals surface area contributed by atoms with E-state index in [9.17, 15) is 14.4 Å². The molecule has 2 N–H and O–H groups in total. The highest BCUT2D eigenvalue weighted by atomic mass is 16.2. The van der Waals surface area contributed by atoms with E-state index in [1.807, 2.05) is 0 Å². The average Bonchev–Trinajstić information content (AvgIpc) is 2.09. The first-order valence-corrected chi connectivity index (χ1v) is 3.17. The van der Waals surface area contributed by atoms with E-state index in [1.165, 1.54) is 0 Å². The number of nitrogens with zero attached hydrogens (tertiary/aromatic N) is 1. The second kappa shape index (κ2) is 2.69. The van der Waals surface area contributed by atoms with E-state index in [1.54, 1.807) is 0 Å². The molecule has 0 aromatic carbocycles. The number of ketones is 1. The van der Waals surface area contributed by atoms with Crippen LogP contribution in [0.5, 0.6) is 0 Å². The maximum Gasteiger partial charge on any atom is 0.237 e. The molecular formula is C6H8N2O3. The smallest absolute Gasteiger partial charge is 0.237 e. The lowest BCUT2D eigenvalue weighted by molar-refractivity contribution is -0.132. The molecule has 0 radical (unpaired) electrons. The summed E-state index contributed by atoms with van der Waals surface area (Å²) >= 11 is 0. The third kappa shape index (κ3) is 1.76. The summed E-state index contributed by atoms with van der Waals surface area (Å²) in [5, 5.41) is 0. The molecule has 1 saturated heterocycles. The molecule has 0 bridgehead atoms. The molecule has 2 amide bonds. The van der Waals surface area contributed by atoms with Crippen LogP contribution < -0.4 is 5.73 Å². The quantitative estimate of drug-likeness (QED) is 0.482. The number of primary amides is 1. The second-order valence-corrected chi connectivity index (χ2v) is 2.43. The molecule has 0 saturated carbocycles. The molecule has 1 aliphatic rings. The van der Waals surface area contributed by atoms with Crippen LogP contribution in [0.1, 0.15) is 6.42 Å². The Kier molecular flexibility index (Phi) is 1.89. The molecular weight excluding hydrogens is 148 g/mol. The first-order chi connectivity index (χ1) is 5.09. The Morgan fingerprint density at radius 2 is 2.18 bits per heavy atom. The van der Waals surface area contributed by atoms with Gasteiger partial charge in [0.25, 0.3) is 0 Å². The summed E-state index contributed by atoms with van der Waals surface area (Å²) in [6.45, 7) is -0.119. The van der Waals surface area contributed by atoms with E-state index in [0.29, 0.717) is 0 Å². The van der Waals surface area contributed by atoms with Crippen molar-refractivity contribution in [3.8, 4) is 0 Å². The number of carbonyl (C=O) groups is 3. The van der Waals surface area contributed by atoms with Crippen LogP contribution >= 0.6 is 0 Å². The van der Waals surface area contributed by atoms with Crippen molar-refractivity contribution in [3.63, 3.8) is 0 Å². The zero-order chi connectivity index (χ0) is 8.43. The molecule has 1 fully saturated rings. The summed E-state index contributed by atoms with van der Waals surface area (Å²) in [7, 11) is 0. The Balaban J connectivity index is 2.53. The first-order valence-electron chi connectivity index (χ1n) is 3.17. The fourth-order valence-corrected chi connectivity index (χ4v) is 0.970. The molecule has 1 rings (SSSR count). The van der Waals surface area contributed by atoms with Crippen LogP contribution in [0.2, 0.25) is 0 Å². The van der Waals surface area contributed by atoms with Gasteiger partial charge in [-0.05, 0) is 0 Å². The van der Waals surface area contributed by atoms with E-state index >= 15 is 0 Å². The summed E-state index contributed by atoms with van der Waals surface area (Å²) in [6, 6.07) is 0. The summed E-state index contributed by atoms with van der Waals surface area (Å²) < 4.78 is 0. The third-order valence-corrected chi connectivity index (χ3v) is 1.42. The Labute approximate surface area is 63.1 Å². The van der Waals surface area contributed by atoms with Gasteiger partial charge in [0.15, 0.2) is 5.78 Å². The molecule has 0 aromatic rings. The summed E-state index contributed by atoms with van der Waals surface area (Å²) in [5.74, 6) is -1.06. The SMILES string of the molecule is NC(=O)CN1CC(=O)CC1=O. The maximum atomic E-state index is 10.8. The van der Waals surface area contributed by atoms with E-state index in [-0.39, 0.29) is 31.2 Å². The molecule has 11 heavy (non-hydrogen) atoms. The van der Waals surface area contributed by atoms with Crippen molar-refractivity contribution < 1.29 is 14.4 Å². The van der Waals surface area contributed by atoms with E-state index in [2.05, 4.69) is 0 Å². The van der Waals surface area contributed by atoms with Gasteiger partial charge in [-0.15, -0.1) is 0 Å². The topological polar surface area (TPSA) is 80.5 Å². The number of hydrogen-bond acceptors (Lipinski definition) is 3. The van der Waals surface area contributed by atoms with Crippen LogP contribution in [0.15, 0.2) is 0 Å². The van der Waals surface area contributed by atoms with E-state index in [4.69, 9.17) is 5.73 Å². The van der Waals surface area contributed by atoms with Crippen LogP contribution in [0.3, 0.4) is 0 Å². The summed E-state index contributed by atoms with van der Waals surface area (Å²) in [6.07, 6.45) is -0.0900. The van der Waals surface area contributed by atoms with Crippen LogP contribution in [0.4, 0.5) is 0 Å². The molecule has 5 heteroatoms. The Morgan fingerprint density at radius 3 is 2.55 bits per heavy atom. The molecule has 0 atom stereocenters. The second-order valence-electron chi connectivity index (χ2n) is 2.43. The van der Waals surface area contributed by atoms with E-state index in [0.717, 1.165) is 4.90 Å². The number of carbonyl (C=O) groups excluding carboxylic acids is 3. The van der Waals surface area contributed by atoms with Gasteiger partial charge < -0.3 is 10.6 Å². The predicted octanol–water partition coefficient (Wildman–Crippen LogP) is -1.73. The minimum Gasteiger partial charge on any atom is -0.368 e. The lowest BCUT2D eigenvalue weighted by Crippen LogP contribution is -2.34. The first kappa shape index (κ1) is 7.71. The molecule has 1 heterocycles. The molecule has 60 valence electrons. The van der Waals surface area contributed by atoms with Gasteiger partial charge >= 0.3 is 0 Å². The van der Waals surface area contributed by atoms with Gasteiger partial charge in [0, 0.05) is 0 Å². The van der Waals surface area contributed by atoms with Gasteiger partial charge in [-0.1, -0.05) is 0 Å². The number of likely N-dealkylation sites (tertiary alicyclic amines) is 1. The molecule has 0 spiro atoms. The fourth-order valence-electron chi connectivity index (χ4n) is 0.970. The zero-order valence-corrected chi connectivity index (χ0v) is 5.87. The van der Waals surface area contributed by atoms with Crippen molar-refractivity contribution in [2.24, 2.45) is 5.73 Å². The number of rotatable bonds is 2. The van der Waals surface area contributed by atoms with Crippen molar-refractivity contribution in [2.45, 2.75) is 6.42 Å². The fraction of sp³-hybridized carbons (Fsp3) is 0.500. The minimum absolute atomic E-state index is 0.0295. The highest BCUT2D eigenvalue weighted by molar-refractivity contribution is 6.06. The van der Waals surface area contributed by atoms with Gasteiger partial charge in [-0.25, -0.2) is 0 Å². The number of amides is 2. The van der Waals surface area contributed by atoms with Crippen molar-refractivity contribution in [1.29, 1.82) is 0 Å².